The Labute approximate surface area is 105 Å². The predicted octanol–water partition coefficient (Wildman–Crippen LogP) is 2.14. The summed E-state index contributed by atoms with van der Waals surface area (Å²) in [7, 11) is 0. The highest BCUT2D eigenvalue weighted by atomic mass is 16.5. The van der Waals surface area contributed by atoms with E-state index in [0.717, 1.165) is 16.9 Å². The van der Waals surface area contributed by atoms with Crippen LogP contribution in [0.4, 0.5) is 11.6 Å². The fraction of sp³-hybridized carbons (Fsp3) is 0.231. The Balaban J connectivity index is 1.83. The average Bonchev–Trinajstić information content (AvgIpc) is 2.74. The number of nitrogens with zero attached hydrogens (tertiary/aromatic N) is 1. The third kappa shape index (κ3) is 3.35. The molecule has 0 spiro atoms. The van der Waals surface area contributed by atoms with Crippen LogP contribution in [0, 0.1) is 6.92 Å². The number of anilines is 2. The standard InChI is InChI=1S/C13H15N3O2/c1-9-8-13(18-16-9)15-12(17)7-4-10-2-5-11(14)6-3-10/h2-3,5-6,8H,4,7,14H2,1H3,(H,15,17). The van der Waals surface area contributed by atoms with E-state index in [4.69, 9.17) is 10.3 Å². The van der Waals surface area contributed by atoms with Crippen LogP contribution >= 0.6 is 0 Å². The van der Waals surface area contributed by atoms with E-state index in [-0.39, 0.29) is 5.91 Å². The normalized spacial score (nSPS) is 10.3. The van der Waals surface area contributed by atoms with Gasteiger partial charge in [0.05, 0.1) is 5.69 Å². The topological polar surface area (TPSA) is 81.2 Å². The van der Waals surface area contributed by atoms with Crippen molar-refractivity contribution < 1.29 is 9.32 Å². The SMILES string of the molecule is Cc1cc(NC(=O)CCc2ccc(N)cc2)on1. The molecular weight excluding hydrogens is 230 g/mol. The summed E-state index contributed by atoms with van der Waals surface area (Å²) in [4.78, 5) is 11.6. The van der Waals surface area contributed by atoms with Gasteiger partial charge in [-0.25, -0.2) is 0 Å². The van der Waals surface area contributed by atoms with Crippen LogP contribution in [0.1, 0.15) is 17.7 Å². The minimum atomic E-state index is -0.0945. The number of aromatic nitrogens is 1. The van der Waals surface area contributed by atoms with Crippen LogP contribution < -0.4 is 11.1 Å². The maximum atomic E-state index is 11.6. The molecule has 0 aliphatic rings. The first kappa shape index (κ1) is 12.2. The van der Waals surface area contributed by atoms with Crippen molar-refractivity contribution in [2.24, 2.45) is 0 Å². The molecule has 0 fully saturated rings. The third-order valence-corrected chi connectivity index (χ3v) is 2.51. The maximum absolute atomic E-state index is 11.6. The number of nitrogens with two attached hydrogens (primary N) is 1. The lowest BCUT2D eigenvalue weighted by Gasteiger charge is -2.02. The van der Waals surface area contributed by atoms with Crippen molar-refractivity contribution in [3.8, 4) is 0 Å². The summed E-state index contributed by atoms with van der Waals surface area (Å²) in [6.07, 6.45) is 1.06. The summed E-state index contributed by atoms with van der Waals surface area (Å²) in [5.74, 6) is 0.290. The van der Waals surface area contributed by atoms with Gasteiger partial charge in [0.25, 0.3) is 0 Å². The van der Waals surface area contributed by atoms with Crippen molar-refractivity contribution in [2.45, 2.75) is 19.8 Å². The number of benzene rings is 1. The number of nitrogens with one attached hydrogen (secondary N) is 1. The Morgan fingerprint density at radius 1 is 1.39 bits per heavy atom. The Kier molecular flexibility index (Phi) is 3.62. The van der Waals surface area contributed by atoms with Crippen LogP contribution in [-0.2, 0) is 11.2 Å². The Hall–Kier alpha value is -2.30. The molecule has 0 saturated carbocycles. The molecule has 2 rings (SSSR count). The highest BCUT2D eigenvalue weighted by Crippen LogP contribution is 2.11. The molecule has 94 valence electrons. The number of amides is 1. The summed E-state index contributed by atoms with van der Waals surface area (Å²) in [5.41, 5.74) is 8.13. The smallest absolute Gasteiger partial charge is 0.231 e. The van der Waals surface area contributed by atoms with Gasteiger partial charge >= 0.3 is 0 Å². The molecule has 5 heteroatoms. The van der Waals surface area contributed by atoms with E-state index in [9.17, 15) is 4.79 Å². The maximum Gasteiger partial charge on any atom is 0.231 e. The minimum absolute atomic E-state index is 0.0945. The number of aryl methyl sites for hydroxylation is 2. The van der Waals surface area contributed by atoms with Crippen molar-refractivity contribution in [1.82, 2.24) is 5.16 Å². The predicted molar refractivity (Wildman–Crippen MR) is 69.0 cm³/mol. The second-order valence-electron chi connectivity index (χ2n) is 4.12. The molecule has 0 atom stereocenters. The monoisotopic (exact) mass is 245 g/mol. The van der Waals surface area contributed by atoms with Crippen molar-refractivity contribution in [1.29, 1.82) is 0 Å². The minimum Gasteiger partial charge on any atom is -0.399 e. The number of rotatable bonds is 4. The largest absolute Gasteiger partial charge is 0.399 e. The highest BCUT2D eigenvalue weighted by molar-refractivity contribution is 5.89. The van der Waals surface area contributed by atoms with Crippen molar-refractivity contribution in [3.63, 3.8) is 0 Å². The van der Waals surface area contributed by atoms with Crippen LogP contribution in [0.25, 0.3) is 0 Å². The summed E-state index contributed by atoms with van der Waals surface area (Å²) in [6, 6.07) is 9.17. The van der Waals surface area contributed by atoms with Crippen LogP contribution in [0.3, 0.4) is 0 Å². The molecule has 1 heterocycles. The zero-order chi connectivity index (χ0) is 13.0. The summed E-state index contributed by atoms with van der Waals surface area (Å²) < 4.78 is 4.90. The van der Waals surface area contributed by atoms with Crippen LogP contribution in [-0.4, -0.2) is 11.1 Å². The van der Waals surface area contributed by atoms with E-state index in [1.807, 2.05) is 24.3 Å². The zero-order valence-corrected chi connectivity index (χ0v) is 10.1. The van der Waals surface area contributed by atoms with Gasteiger partial charge in [-0.2, -0.15) is 0 Å². The van der Waals surface area contributed by atoms with Gasteiger partial charge in [0, 0.05) is 18.2 Å². The number of carbonyl (C=O) groups is 1. The van der Waals surface area contributed by atoms with E-state index in [0.29, 0.717) is 18.7 Å². The Morgan fingerprint density at radius 3 is 2.72 bits per heavy atom. The second kappa shape index (κ2) is 5.35. The molecule has 0 bridgehead atoms. The lowest BCUT2D eigenvalue weighted by molar-refractivity contribution is -0.116. The fourth-order valence-electron chi connectivity index (χ4n) is 1.56. The molecule has 0 unspecified atom stereocenters. The highest BCUT2D eigenvalue weighted by Gasteiger charge is 2.06. The average molecular weight is 245 g/mol. The van der Waals surface area contributed by atoms with E-state index < -0.39 is 0 Å². The van der Waals surface area contributed by atoms with Crippen LogP contribution in [0.15, 0.2) is 34.9 Å². The van der Waals surface area contributed by atoms with Gasteiger partial charge in [-0.3, -0.25) is 10.1 Å². The van der Waals surface area contributed by atoms with E-state index in [1.54, 1.807) is 13.0 Å². The van der Waals surface area contributed by atoms with E-state index in [1.165, 1.54) is 0 Å². The molecule has 1 aromatic carbocycles. The van der Waals surface area contributed by atoms with Crippen molar-refractivity contribution >= 4 is 17.5 Å². The lowest BCUT2D eigenvalue weighted by Crippen LogP contribution is -2.11. The first-order chi connectivity index (χ1) is 8.63. The third-order valence-electron chi connectivity index (χ3n) is 2.51. The molecule has 18 heavy (non-hydrogen) atoms. The first-order valence-corrected chi connectivity index (χ1v) is 5.71. The molecule has 3 N–H and O–H groups in total. The summed E-state index contributed by atoms with van der Waals surface area (Å²) in [6.45, 7) is 1.80. The van der Waals surface area contributed by atoms with Crippen LogP contribution in [0.2, 0.25) is 0 Å². The molecule has 2 aromatic rings. The van der Waals surface area contributed by atoms with E-state index in [2.05, 4.69) is 10.5 Å². The van der Waals surface area contributed by atoms with Gasteiger partial charge < -0.3 is 10.3 Å². The van der Waals surface area contributed by atoms with Crippen LogP contribution in [0.5, 0.6) is 0 Å². The Bertz CT molecular complexity index is 531. The van der Waals surface area contributed by atoms with Gasteiger partial charge in [0.1, 0.15) is 0 Å². The van der Waals surface area contributed by atoms with Gasteiger partial charge in [-0.05, 0) is 31.0 Å². The molecule has 0 aliphatic carbocycles. The van der Waals surface area contributed by atoms with Crippen molar-refractivity contribution in [2.75, 3.05) is 11.1 Å². The van der Waals surface area contributed by atoms with Gasteiger partial charge in [0.15, 0.2) is 0 Å². The zero-order valence-electron chi connectivity index (χ0n) is 10.1. The molecule has 0 aliphatic heterocycles. The number of nitrogen functional groups attached to an aromatic ring is 1. The van der Waals surface area contributed by atoms with Gasteiger partial charge in [-0.1, -0.05) is 17.3 Å². The number of hydrogen-bond donors (Lipinski definition) is 2. The molecular formula is C13H15N3O2. The van der Waals surface area contributed by atoms with E-state index >= 15 is 0 Å². The molecule has 0 radical (unpaired) electrons. The lowest BCUT2D eigenvalue weighted by atomic mass is 10.1. The van der Waals surface area contributed by atoms with Gasteiger partial charge in [-0.15, -0.1) is 0 Å². The van der Waals surface area contributed by atoms with Gasteiger partial charge in [0.2, 0.25) is 11.8 Å². The fourth-order valence-corrected chi connectivity index (χ4v) is 1.56. The quantitative estimate of drug-likeness (QED) is 0.808. The summed E-state index contributed by atoms with van der Waals surface area (Å²) in [5, 5.41) is 6.35. The molecule has 1 amide bonds. The number of carbonyl (C=O) groups excluding carboxylic acids is 1. The summed E-state index contributed by atoms with van der Waals surface area (Å²) >= 11 is 0. The first-order valence-electron chi connectivity index (χ1n) is 5.71. The second-order valence-corrected chi connectivity index (χ2v) is 4.12. The van der Waals surface area contributed by atoms with Crippen molar-refractivity contribution in [3.05, 3.63) is 41.6 Å². The molecule has 0 saturated heterocycles. The number of hydrogen-bond acceptors (Lipinski definition) is 4. The Morgan fingerprint density at radius 2 is 2.11 bits per heavy atom. The molecule has 1 aromatic heterocycles. The molecule has 5 nitrogen and oxygen atoms in total.